The third-order valence-corrected chi connectivity index (χ3v) is 3.41. The van der Waals surface area contributed by atoms with Crippen molar-refractivity contribution in [2.45, 2.75) is 30.8 Å². The smallest absolute Gasteiger partial charge is 0.133 e. The molecule has 2 atom stereocenters. The molecule has 1 aliphatic carbocycles. The van der Waals surface area contributed by atoms with E-state index < -0.39 is 11.1 Å². The van der Waals surface area contributed by atoms with E-state index >= 15 is 0 Å². The van der Waals surface area contributed by atoms with Gasteiger partial charge in [0.2, 0.25) is 0 Å². The monoisotopic (exact) mass is 192 g/mol. The lowest BCUT2D eigenvalue weighted by Gasteiger charge is -2.49. The lowest BCUT2D eigenvalue weighted by atomic mass is 9.56. The van der Waals surface area contributed by atoms with Gasteiger partial charge >= 0.3 is 0 Å². The molecule has 0 saturated heterocycles. The maximum Gasteiger partial charge on any atom is 0.133 e. The van der Waals surface area contributed by atoms with Gasteiger partial charge in [-0.3, -0.25) is 0 Å². The molecule has 0 spiro atoms. The van der Waals surface area contributed by atoms with Crippen LogP contribution in [-0.4, -0.2) is 12.0 Å². The number of rotatable bonds is 2. The van der Waals surface area contributed by atoms with Crippen LogP contribution < -0.4 is 0 Å². The fourth-order valence-electron chi connectivity index (χ4n) is 2.17. The molecule has 0 aliphatic heterocycles. The minimum absolute atomic E-state index is 0.473. The number of halogens is 1. The first-order valence-corrected chi connectivity index (χ1v) is 4.83. The molecule has 74 valence electrons. The van der Waals surface area contributed by atoms with E-state index in [0.717, 1.165) is 11.8 Å². The van der Waals surface area contributed by atoms with Gasteiger partial charge in [0.25, 0.3) is 0 Å². The largest absolute Gasteiger partial charge is 0.302 e. The first-order chi connectivity index (χ1) is 6.62. The second-order valence-corrected chi connectivity index (χ2v) is 4.15. The fraction of sp³-hybridized carbons (Fsp3) is 0.417. The molecule has 0 heterocycles. The fourth-order valence-corrected chi connectivity index (χ4v) is 2.17. The molecule has 2 heteroatoms. The van der Waals surface area contributed by atoms with Crippen molar-refractivity contribution in [3.05, 3.63) is 35.9 Å². The van der Waals surface area contributed by atoms with E-state index in [1.807, 2.05) is 30.3 Å². The molecule has 1 nitrogen and oxygen atoms in total. The van der Waals surface area contributed by atoms with E-state index in [2.05, 4.69) is 0 Å². The summed E-state index contributed by atoms with van der Waals surface area (Å²) in [7, 11) is 0. The highest BCUT2D eigenvalue weighted by Crippen LogP contribution is 2.52. The highest BCUT2D eigenvalue weighted by molar-refractivity contribution is 5.73. The molecule has 0 amide bonds. The van der Waals surface area contributed by atoms with Gasteiger partial charge < -0.3 is 4.79 Å². The molecule has 2 rings (SSSR count). The molecule has 0 radical (unpaired) electrons. The molecule has 1 aromatic carbocycles. The van der Waals surface area contributed by atoms with Crippen molar-refractivity contribution in [2.75, 3.05) is 0 Å². The van der Waals surface area contributed by atoms with Crippen molar-refractivity contribution in [2.24, 2.45) is 0 Å². The molecular weight excluding hydrogens is 179 g/mol. The molecular formula is C12H13FO. The normalized spacial score (nSPS) is 36.1. The Morgan fingerprint density at radius 3 is 2.29 bits per heavy atom. The zero-order valence-electron chi connectivity index (χ0n) is 8.16. The van der Waals surface area contributed by atoms with Gasteiger partial charge in [-0.25, -0.2) is 4.39 Å². The molecule has 2 unspecified atom stereocenters. The summed E-state index contributed by atoms with van der Waals surface area (Å²) in [5.41, 5.74) is -1.48. The van der Waals surface area contributed by atoms with Gasteiger partial charge in [-0.05, 0) is 25.3 Å². The molecule has 1 aliphatic rings. The molecule has 14 heavy (non-hydrogen) atoms. The SMILES string of the molecule is CC1(F)CCC1(C=O)c1ccccc1. The van der Waals surface area contributed by atoms with Crippen LogP contribution in [0.1, 0.15) is 25.3 Å². The third-order valence-electron chi connectivity index (χ3n) is 3.41. The number of hydrogen-bond acceptors (Lipinski definition) is 1. The van der Waals surface area contributed by atoms with E-state index in [4.69, 9.17) is 0 Å². The Balaban J connectivity index is 2.45. The molecule has 1 saturated carbocycles. The van der Waals surface area contributed by atoms with E-state index in [1.165, 1.54) is 6.92 Å². The first kappa shape index (κ1) is 9.38. The van der Waals surface area contributed by atoms with Crippen LogP contribution in [0.25, 0.3) is 0 Å². The number of carbonyl (C=O) groups excluding carboxylic acids is 1. The van der Waals surface area contributed by atoms with Crippen molar-refractivity contribution < 1.29 is 9.18 Å². The number of aldehydes is 1. The number of benzene rings is 1. The van der Waals surface area contributed by atoms with Gasteiger partial charge in [0.15, 0.2) is 0 Å². The Morgan fingerprint density at radius 2 is 1.93 bits per heavy atom. The highest BCUT2D eigenvalue weighted by Gasteiger charge is 2.58. The predicted molar refractivity (Wildman–Crippen MR) is 52.9 cm³/mol. The topological polar surface area (TPSA) is 17.1 Å². The Hall–Kier alpha value is -1.18. The van der Waals surface area contributed by atoms with E-state index in [1.54, 1.807) is 0 Å². The zero-order valence-corrected chi connectivity index (χ0v) is 8.16. The number of hydrogen-bond donors (Lipinski definition) is 0. The summed E-state index contributed by atoms with van der Waals surface area (Å²) >= 11 is 0. The summed E-state index contributed by atoms with van der Waals surface area (Å²) in [5, 5.41) is 0. The van der Waals surface area contributed by atoms with Crippen LogP contribution in [0.5, 0.6) is 0 Å². The van der Waals surface area contributed by atoms with Crippen LogP contribution in [0.15, 0.2) is 30.3 Å². The number of carbonyl (C=O) groups is 1. The lowest BCUT2D eigenvalue weighted by molar-refractivity contribution is -0.127. The molecule has 1 aromatic rings. The third kappa shape index (κ3) is 1.03. The van der Waals surface area contributed by atoms with Crippen LogP contribution in [0, 0.1) is 0 Å². The Morgan fingerprint density at radius 1 is 1.29 bits per heavy atom. The van der Waals surface area contributed by atoms with E-state index in [-0.39, 0.29) is 0 Å². The molecule has 1 fully saturated rings. The Labute approximate surface area is 82.9 Å². The van der Waals surface area contributed by atoms with Crippen LogP contribution in [0.4, 0.5) is 4.39 Å². The summed E-state index contributed by atoms with van der Waals surface area (Å²) in [5.74, 6) is 0. The Kier molecular flexibility index (Phi) is 1.95. The van der Waals surface area contributed by atoms with Crippen molar-refractivity contribution in [1.82, 2.24) is 0 Å². The Bertz CT molecular complexity index is 345. The van der Waals surface area contributed by atoms with E-state index in [9.17, 15) is 9.18 Å². The van der Waals surface area contributed by atoms with Gasteiger partial charge in [-0.15, -0.1) is 0 Å². The zero-order chi connectivity index (χ0) is 10.2. The van der Waals surface area contributed by atoms with Crippen LogP contribution in [0.2, 0.25) is 0 Å². The quantitative estimate of drug-likeness (QED) is 0.658. The second-order valence-electron chi connectivity index (χ2n) is 4.15. The maximum absolute atomic E-state index is 14.0. The van der Waals surface area contributed by atoms with Gasteiger partial charge in [-0.2, -0.15) is 0 Å². The summed E-state index contributed by atoms with van der Waals surface area (Å²) in [4.78, 5) is 11.1. The second kappa shape index (κ2) is 2.91. The van der Waals surface area contributed by atoms with Crippen molar-refractivity contribution in [3.8, 4) is 0 Å². The average molecular weight is 192 g/mol. The maximum atomic E-state index is 14.0. The van der Waals surface area contributed by atoms with Crippen LogP contribution in [-0.2, 0) is 10.2 Å². The van der Waals surface area contributed by atoms with Gasteiger partial charge in [0, 0.05) is 0 Å². The molecule has 0 bridgehead atoms. The highest BCUT2D eigenvalue weighted by atomic mass is 19.1. The van der Waals surface area contributed by atoms with Gasteiger partial charge in [0.1, 0.15) is 12.0 Å². The predicted octanol–water partition coefficient (Wildman–Crippen LogP) is 2.65. The van der Waals surface area contributed by atoms with Crippen molar-refractivity contribution in [1.29, 1.82) is 0 Å². The number of alkyl halides is 1. The molecule has 0 aromatic heterocycles. The lowest BCUT2D eigenvalue weighted by Crippen LogP contribution is -2.56. The average Bonchev–Trinajstić information content (AvgIpc) is 2.19. The standard InChI is InChI=1S/C12H13FO/c1-11(13)7-8-12(11,9-14)10-5-3-2-4-6-10/h2-6,9H,7-8H2,1H3. The van der Waals surface area contributed by atoms with Crippen LogP contribution >= 0.6 is 0 Å². The van der Waals surface area contributed by atoms with Gasteiger partial charge in [0.05, 0.1) is 5.41 Å². The first-order valence-electron chi connectivity index (χ1n) is 4.83. The summed E-state index contributed by atoms with van der Waals surface area (Å²) in [6.07, 6.45) is 1.86. The van der Waals surface area contributed by atoms with Crippen molar-refractivity contribution >= 4 is 6.29 Å². The van der Waals surface area contributed by atoms with Crippen LogP contribution in [0.3, 0.4) is 0 Å². The molecule has 0 N–H and O–H groups in total. The minimum Gasteiger partial charge on any atom is -0.302 e. The minimum atomic E-state index is -1.38. The summed E-state index contributed by atoms with van der Waals surface area (Å²) < 4.78 is 14.0. The van der Waals surface area contributed by atoms with E-state index in [0.29, 0.717) is 12.8 Å². The van der Waals surface area contributed by atoms with Crippen molar-refractivity contribution in [3.63, 3.8) is 0 Å². The summed E-state index contributed by atoms with van der Waals surface area (Å²) in [6.45, 7) is 1.51. The van der Waals surface area contributed by atoms with Gasteiger partial charge in [-0.1, -0.05) is 30.3 Å². The summed E-state index contributed by atoms with van der Waals surface area (Å²) in [6, 6.07) is 9.21.